The van der Waals surface area contributed by atoms with Gasteiger partial charge in [-0.1, -0.05) is 23.8 Å². The van der Waals surface area contributed by atoms with E-state index in [0.29, 0.717) is 18.7 Å². The van der Waals surface area contributed by atoms with E-state index in [1.165, 1.54) is 22.3 Å². The van der Waals surface area contributed by atoms with Crippen LogP contribution in [0.1, 0.15) is 44.1 Å². The average molecular weight is 445 g/mol. The zero-order valence-electron chi connectivity index (χ0n) is 20.2. The Kier molecular flexibility index (Phi) is 6.63. The minimum atomic E-state index is 0.0583. The van der Waals surface area contributed by atoms with Gasteiger partial charge in [0.25, 0.3) is 5.91 Å². The molecule has 0 bridgehead atoms. The van der Waals surface area contributed by atoms with Crippen LogP contribution in [-0.4, -0.2) is 54.1 Å². The number of rotatable bonds is 5. The molecule has 2 heterocycles. The number of aromatic nitrogens is 2. The highest BCUT2D eigenvalue weighted by atomic mass is 16.5. The van der Waals surface area contributed by atoms with E-state index in [9.17, 15) is 4.79 Å². The Bertz CT molecular complexity index is 1150. The Hall–Kier alpha value is -3.41. The van der Waals surface area contributed by atoms with Gasteiger partial charge >= 0.3 is 0 Å². The lowest BCUT2D eigenvalue weighted by molar-refractivity contribution is 0.0746. The molecule has 0 radical (unpaired) electrons. The molecule has 0 aliphatic carbocycles. The molecular weight excluding hydrogens is 412 g/mol. The van der Waals surface area contributed by atoms with Crippen molar-refractivity contribution < 1.29 is 9.53 Å². The van der Waals surface area contributed by atoms with E-state index in [1.807, 2.05) is 36.1 Å². The van der Waals surface area contributed by atoms with E-state index in [-0.39, 0.29) is 5.91 Å². The number of piperazine rings is 1. The van der Waals surface area contributed by atoms with Crippen LogP contribution in [0.25, 0.3) is 0 Å². The van der Waals surface area contributed by atoms with Gasteiger partial charge in [0, 0.05) is 49.4 Å². The zero-order valence-corrected chi connectivity index (χ0v) is 20.2. The average Bonchev–Trinajstić information content (AvgIpc) is 2.82. The first kappa shape index (κ1) is 22.8. The fourth-order valence-corrected chi connectivity index (χ4v) is 4.40. The van der Waals surface area contributed by atoms with Gasteiger partial charge in [0.15, 0.2) is 0 Å². The number of nitrogens with zero attached hydrogens (tertiary/aromatic N) is 4. The van der Waals surface area contributed by atoms with Gasteiger partial charge in [-0.15, -0.1) is 0 Å². The normalized spacial score (nSPS) is 13.8. The van der Waals surface area contributed by atoms with Gasteiger partial charge in [0.05, 0.1) is 7.11 Å². The number of carbonyl (C=O) groups excluding carboxylic acids is 1. The SMILES string of the molecule is COc1ccc(C(=O)N2CCN(c3nc(C)nc(C)c3Cc3cc(C)ccc3C)CC2)cc1. The van der Waals surface area contributed by atoms with Crippen LogP contribution in [0.4, 0.5) is 5.82 Å². The molecule has 4 rings (SSSR count). The molecule has 1 saturated heterocycles. The quantitative estimate of drug-likeness (QED) is 0.588. The first-order valence-electron chi connectivity index (χ1n) is 11.4. The summed E-state index contributed by atoms with van der Waals surface area (Å²) in [5.41, 5.74) is 6.73. The molecule has 2 aromatic carbocycles. The van der Waals surface area contributed by atoms with Crippen LogP contribution in [-0.2, 0) is 6.42 Å². The topological polar surface area (TPSA) is 58.6 Å². The Labute approximate surface area is 196 Å². The van der Waals surface area contributed by atoms with Crippen molar-refractivity contribution in [2.24, 2.45) is 0 Å². The number of hydrogen-bond donors (Lipinski definition) is 0. The van der Waals surface area contributed by atoms with Gasteiger partial charge in [-0.05, 0) is 63.1 Å². The summed E-state index contributed by atoms with van der Waals surface area (Å²) in [6.07, 6.45) is 0.806. The van der Waals surface area contributed by atoms with Crippen LogP contribution in [0.5, 0.6) is 5.75 Å². The summed E-state index contributed by atoms with van der Waals surface area (Å²) in [7, 11) is 1.63. The van der Waals surface area contributed by atoms with Crippen molar-refractivity contribution in [3.05, 3.63) is 81.8 Å². The molecular formula is C27H32N4O2. The molecule has 1 aromatic heterocycles. The molecule has 1 aliphatic heterocycles. The Balaban J connectivity index is 1.53. The summed E-state index contributed by atoms with van der Waals surface area (Å²) >= 11 is 0. The second-order valence-electron chi connectivity index (χ2n) is 8.77. The third-order valence-corrected chi connectivity index (χ3v) is 6.38. The number of carbonyl (C=O) groups is 1. The third kappa shape index (κ3) is 5.00. The highest BCUT2D eigenvalue weighted by Gasteiger charge is 2.25. The first-order valence-corrected chi connectivity index (χ1v) is 11.4. The lowest BCUT2D eigenvalue weighted by Crippen LogP contribution is -2.49. The van der Waals surface area contributed by atoms with E-state index in [4.69, 9.17) is 9.72 Å². The summed E-state index contributed by atoms with van der Waals surface area (Å²) in [5.74, 6) is 2.59. The molecule has 0 saturated carbocycles. The number of methoxy groups -OCH3 is 1. The molecule has 1 aliphatic rings. The molecule has 0 unspecified atom stereocenters. The van der Waals surface area contributed by atoms with Gasteiger partial charge in [-0.2, -0.15) is 0 Å². The van der Waals surface area contributed by atoms with Crippen LogP contribution in [0.15, 0.2) is 42.5 Å². The lowest BCUT2D eigenvalue weighted by atomic mass is 9.97. The Morgan fingerprint density at radius 3 is 2.30 bits per heavy atom. The van der Waals surface area contributed by atoms with Gasteiger partial charge in [0.2, 0.25) is 0 Å². The molecule has 172 valence electrons. The fourth-order valence-electron chi connectivity index (χ4n) is 4.40. The van der Waals surface area contributed by atoms with Crippen molar-refractivity contribution in [1.29, 1.82) is 0 Å². The maximum Gasteiger partial charge on any atom is 0.253 e. The predicted octanol–water partition coefficient (Wildman–Crippen LogP) is 4.27. The van der Waals surface area contributed by atoms with Crippen molar-refractivity contribution in [3.63, 3.8) is 0 Å². The minimum absolute atomic E-state index is 0.0583. The van der Waals surface area contributed by atoms with Crippen LogP contribution >= 0.6 is 0 Å². The Morgan fingerprint density at radius 2 is 1.64 bits per heavy atom. The molecule has 3 aromatic rings. The maximum atomic E-state index is 13.0. The molecule has 0 N–H and O–H groups in total. The summed E-state index contributed by atoms with van der Waals surface area (Å²) in [6, 6.07) is 13.9. The van der Waals surface area contributed by atoms with E-state index < -0.39 is 0 Å². The standard InChI is InChI=1S/C27H32N4O2/c1-18-6-7-19(2)23(16-18)17-25-20(3)28-21(4)29-26(25)30-12-14-31(15-13-30)27(32)22-8-10-24(33-5)11-9-22/h6-11,16H,12-15,17H2,1-5H3. The molecule has 6 heteroatoms. The lowest BCUT2D eigenvalue weighted by Gasteiger charge is -2.36. The number of benzene rings is 2. The van der Waals surface area contributed by atoms with E-state index in [1.54, 1.807) is 7.11 Å². The van der Waals surface area contributed by atoms with E-state index in [0.717, 1.165) is 42.6 Å². The van der Waals surface area contributed by atoms with Crippen molar-refractivity contribution >= 4 is 11.7 Å². The predicted molar refractivity (Wildman–Crippen MR) is 131 cm³/mol. The highest BCUT2D eigenvalue weighted by molar-refractivity contribution is 5.94. The molecule has 1 amide bonds. The Morgan fingerprint density at radius 1 is 0.939 bits per heavy atom. The smallest absolute Gasteiger partial charge is 0.253 e. The number of aryl methyl sites for hydroxylation is 4. The van der Waals surface area contributed by atoms with E-state index in [2.05, 4.69) is 48.9 Å². The summed E-state index contributed by atoms with van der Waals surface area (Å²) in [4.78, 5) is 26.7. The summed E-state index contributed by atoms with van der Waals surface area (Å²) in [6.45, 7) is 11.1. The maximum absolute atomic E-state index is 13.0. The molecule has 0 spiro atoms. The van der Waals surface area contributed by atoms with E-state index >= 15 is 0 Å². The second kappa shape index (κ2) is 9.61. The minimum Gasteiger partial charge on any atom is -0.497 e. The molecule has 6 nitrogen and oxygen atoms in total. The third-order valence-electron chi connectivity index (χ3n) is 6.38. The number of anilines is 1. The molecule has 0 atom stereocenters. The van der Waals surface area contributed by atoms with Crippen LogP contribution < -0.4 is 9.64 Å². The van der Waals surface area contributed by atoms with Crippen LogP contribution in [0.2, 0.25) is 0 Å². The van der Waals surface area contributed by atoms with Crippen molar-refractivity contribution in [3.8, 4) is 5.75 Å². The van der Waals surface area contributed by atoms with Gasteiger partial charge in [0.1, 0.15) is 17.4 Å². The van der Waals surface area contributed by atoms with Crippen molar-refractivity contribution in [2.75, 3.05) is 38.2 Å². The van der Waals surface area contributed by atoms with Crippen LogP contribution in [0.3, 0.4) is 0 Å². The van der Waals surface area contributed by atoms with Gasteiger partial charge in [-0.25, -0.2) is 9.97 Å². The van der Waals surface area contributed by atoms with Crippen LogP contribution in [0, 0.1) is 27.7 Å². The number of hydrogen-bond acceptors (Lipinski definition) is 5. The highest BCUT2D eigenvalue weighted by Crippen LogP contribution is 2.27. The summed E-state index contributed by atoms with van der Waals surface area (Å²) in [5, 5.41) is 0. The second-order valence-corrected chi connectivity index (χ2v) is 8.77. The summed E-state index contributed by atoms with van der Waals surface area (Å²) < 4.78 is 5.20. The first-order chi connectivity index (χ1) is 15.9. The largest absolute Gasteiger partial charge is 0.497 e. The molecule has 1 fully saturated rings. The molecule has 33 heavy (non-hydrogen) atoms. The van der Waals surface area contributed by atoms with Gasteiger partial charge in [-0.3, -0.25) is 4.79 Å². The van der Waals surface area contributed by atoms with Crippen molar-refractivity contribution in [1.82, 2.24) is 14.9 Å². The van der Waals surface area contributed by atoms with Gasteiger partial charge < -0.3 is 14.5 Å². The number of ether oxygens (including phenoxy) is 1. The zero-order chi connectivity index (χ0) is 23.5. The fraction of sp³-hybridized carbons (Fsp3) is 0.370. The van der Waals surface area contributed by atoms with Crippen molar-refractivity contribution in [2.45, 2.75) is 34.1 Å². The monoisotopic (exact) mass is 444 g/mol. The number of amides is 1.